The Labute approximate surface area is 113 Å². The highest BCUT2D eigenvalue weighted by Crippen LogP contribution is 2.13. The number of nitrogens with zero attached hydrogens (tertiary/aromatic N) is 1. The molecule has 1 atom stereocenters. The third-order valence-corrected chi connectivity index (χ3v) is 3.67. The van der Waals surface area contributed by atoms with Crippen molar-refractivity contribution < 1.29 is 9.18 Å². The van der Waals surface area contributed by atoms with Crippen molar-refractivity contribution in [1.29, 1.82) is 0 Å². The Balaban J connectivity index is 1.90. The van der Waals surface area contributed by atoms with Gasteiger partial charge in [0.2, 0.25) is 5.91 Å². The Morgan fingerprint density at radius 3 is 3.00 bits per heavy atom. The van der Waals surface area contributed by atoms with E-state index in [-0.39, 0.29) is 17.8 Å². The van der Waals surface area contributed by atoms with E-state index in [2.05, 4.69) is 12.2 Å². The van der Waals surface area contributed by atoms with Gasteiger partial charge >= 0.3 is 0 Å². The van der Waals surface area contributed by atoms with Crippen molar-refractivity contribution in [3.8, 4) is 0 Å². The van der Waals surface area contributed by atoms with Crippen LogP contribution in [-0.4, -0.2) is 36.5 Å². The molecule has 1 aromatic rings. The maximum Gasteiger partial charge on any atom is 0.223 e. The summed E-state index contributed by atoms with van der Waals surface area (Å²) in [5.74, 6) is 0.00165. The third kappa shape index (κ3) is 3.53. The normalized spacial score (nSPS) is 19.5. The second-order valence-corrected chi connectivity index (χ2v) is 5.22. The largest absolute Gasteiger partial charge is 0.337 e. The van der Waals surface area contributed by atoms with Crippen LogP contribution in [0.3, 0.4) is 0 Å². The van der Waals surface area contributed by atoms with Crippen LogP contribution >= 0.6 is 0 Å². The molecule has 1 unspecified atom stereocenters. The average Bonchev–Trinajstić information content (AvgIpc) is 2.40. The molecule has 19 heavy (non-hydrogen) atoms. The van der Waals surface area contributed by atoms with Crippen LogP contribution < -0.4 is 5.32 Å². The number of hydrogen-bond acceptors (Lipinski definition) is 2. The summed E-state index contributed by atoms with van der Waals surface area (Å²) in [7, 11) is 0. The van der Waals surface area contributed by atoms with Gasteiger partial charge in [0.05, 0.1) is 0 Å². The summed E-state index contributed by atoms with van der Waals surface area (Å²) in [5, 5.41) is 3.27. The molecule has 104 valence electrons. The molecule has 1 heterocycles. The summed E-state index contributed by atoms with van der Waals surface area (Å²) in [6.07, 6.45) is 1.17. The highest BCUT2D eigenvalue weighted by atomic mass is 19.1. The van der Waals surface area contributed by atoms with Crippen molar-refractivity contribution in [2.75, 3.05) is 19.6 Å². The van der Waals surface area contributed by atoms with E-state index < -0.39 is 0 Å². The molecule has 1 N–H and O–H groups in total. The molecular weight excluding hydrogens is 243 g/mol. The van der Waals surface area contributed by atoms with Gasteiger partial charge < -0.3 is 10.2 Å². The summed E-state index contributed by atoms with van der Waals surface area (Å²) in [6, 6.07) is 5.32. The van der Waals surface area contributed by atoms with Gasteiger partial charge in [0.25, 0.3) is 0 Å². The third-order valence-electron chi connectivity index (χ3n) is 3.67. The number of rotatable bonds is 3. The zero-order chi connectivity index (χ0) is 13.8. The predicted octanol–water partition coefficient (Wildman–Crippen LogP) is 1.89. The molecule has 1 aliphatic heterocycles. The molecule has 0 spiro atoms. The number of halogens is 1. The first kappa shape index (κ1) is 14.0. The van der Waals surface area contributed by atoms with E-state index in [9.17, 15) is 9.18 Å². The SMILES string of the molecule is Cc1cc(CCC(=O)N2CCNCC2C)ccc1F. The Hall–Kier alpha value is -1.42. The Morgan fingerprint density at radius 1 is 1.53 bits per heavy atom. The quantitative estimate of drug-likeness (QED) is 0.904. The maximum atomic E-state index is 13.2. The van der Waals surface area contributed by atoms with Gasteiger partial charge in [-0.15, -0.1) is 0 Å². The number of aryl methyl sites for hydroxylation is 2. The minimum absolute atomic E-state index is 0.189. The monoisotopic (exact) mass is 264 g/mol. The number of carbonyl (C=O) groups excluding carboxylic acids is 1. The first-order valence-corrected chi connectivity index (χ1v) is 6.83. The van der Waals surface area contributed by atoms with E-state index in [1.807, 2.05) is 11.0 Å². The van der Waals surface area contributed by atoms with Gasteiger partial charge in [0.1, 0.15) is 5.82 Å². The number of benzene rings is 1. The van der Waals surface area contributed by atoms with Crippen molar-refractivity contribution in [2.24, 2.45) is 0 Å². The number of carbonyl (C=O) groups is 1. The highest BCUT2D eigenvalue weighted by Gasteiger charge is 2.22. The number of nitrogens with one attached hydrogen (secondary N) is 1. The van der Waals surface area contributed by atoms with E-state index in [4.69, 9.17) is 0 Å². The van der Waals surface area contributed by atoms with Gasteiger partial charge in [-0.25, -0.2) is 4.39 Å². The predicted molar refractivity (Wildman–Crippen MR) is 73.5 cm³/mol. The summed E-state index contributed by atoms with van der Waals surface area (Å²) in [5.41, 5.74) is 1.66. The summed E-state index contributed by atoms with van der Waals surface area (Å²) in [4.78, 5) is 14.1. The standard InChI is InChI=1S/C15H21FN2O/c1-11-9-13(3-5-14(11)16)4-6-15(19)18-8-7-17-10-12(18)2/h3,5,9,12,17H,4,6-8,10H2,1-2H3. The van der Waals surface area contributed by atoms with Crippen LogP contribution in [0.15, 0.2) is 18.2 Å². The molecule has 4 heteroatoms. The van der Waals surface area contributed by atoms with Crippen LogP contribution in [0.1, 0.15) is 24.5 Å². The molecule has 0 aromatic heterocycles. The van der Waals surface area contributed by atoms with E-state index in [0.717, 1.165) is 25.2 Å². The van der Waals surface area contributed by atoms with Gasteiger partial charge in [0.15, 0.2) is 0 Å². The van der Waals surface area contributed by atoms with Crippen LogP contribution in [0, 0.1) is 12.7 Å². The molecule has 3 nitrogen and oxygen atoms in total. The van der Waals surface area contributed by atoms with Crippen molar-refractivity contribution >= 4 is 5.91 Å². The summed E-state index contributed by atoms with van der Waals surface area (Å²) in [6.45, 7) is 6.32. The average molecular weight is 264 g/mol. The molecule has 0 saturated carbocycles. The highest BCUT2D eigenvalue weighted by molar-refractivity contribution is 5.77. The van der Waals surface area contributed by atoms with Crippen molar-refractivity contribution in [2.45, 2.75) is 32.7 Å². The van der Waals surface area contributed by atoms with E-state index >= 15 is 0 Å². The molecule has 0 radical (unpaired) electrons. The minimum Gasteiger partial charge on any atom is -0.337 e. The lowest BCUT2D eigenvalue weighted by molar-refractivity contribution is -0.133. The fourth-order valence-corrected chi connectivity index (χ4v) is 2.47. The lowest BCUT2D eigenvalue weighted by Gasteiger charge is -2.34. The zero-order valence-electron chi connectivity index (χ0n) is 11.6. The fourth-order valence-electron chi connectivity index (χ4n) is 2.47. The summed E-state index contributed by atoms with van der Waals surface area (Å²) < 4.78 is 13.2. The van der Waals surface area contributed by atoms with Crippen molar-refractivity contribution in [1.82, 2.24) is 10.2 Å². The molecule has 2 rings (SSSR count). The first-order chi connectivity index (χ1) is 9.08. The van der Waals surface area contributed by atoms with Crippen molar-refractivity contribution in [3.05, 3.63) is 35.1 Å². The van der Waals surface area contributed by atoms with Gasteiger partial charge in [-0.3, -0.25) is 4.79 Å². The van der Waals surface area contributed by atoms with Crippen molar-refractivity contribution in [3.63, 3.8) is 0 Å². The Morgan fingerprint density at radius 2 is 2.32 bits per heavy atom. The topological polar surface area (TPSA) is 32.3 Å². The van der Waals surface area contributed by atoms with Crippen LogP contribution in [0.25, 0.3) is 0 Å². The lowest BCUT2D eigenvalue weighted by Crippen LogP contribution is -2.52. The van der Waals surface area contributed by atoms with Gasteiger partial charge in [-0.2, -0.15) is 0 Å². The van der Waals surface area contributed by atoms with Crippen LogP contribution in [0.5, 0.6) is 0 Å². The second kappa shape index (κ2) is 6.15. The zero-order valence-corrected chi connectivity index (χ0v) is 11.6. The van der Waals surface area contributed by atoms with E-state index in [1.54, 1.807) is 13.0 Å². The van der Waals surface area contributed by atoms with Crippen LogP contribution in [0.4, 0.5) is 4.39 Å². The number of amides is 1. The maximum absolute atomic E-state index is 13.2. The second-order valence-electron chi connectivity index (χ2n) is 5.22. The van der Waals surface area contributed by atoms with E-state index in [1.165, 1.54) is 6.07 Å². The van der Waals surface area contributed by atoms with E-state index in [0.29, 0.717) is 18.4 Å². The molecule has 0 aliphatic carbocycles. The summed E-state index contributed by atoms with van der Waals surface area (Å²) >= 11 is 0. The smallest absolute Gasteiger partial charge is 0.223 e. The number of piperazine rings is 1. The lowest BCUT2D eigenvalue weighted by atomic mass is 10.1. The molecule has 1 saturated heterocycles. The fraction of sp³-hybridized carbons (Fsp3) is 0.533. The molecular formula is C15H21FN2O. The Kier molecular flexibility index (Phi) is 4.53. The van der Waals surface area contributed by atoms with Gasteiger partial charge in [-0.05, 0) is 37.5 Å². The number of hydrogen-bond donors (Lipinski definition) is 1. The molecule has 1 fully saturated rings. The molecule has 1 aromatic carbocycles. The molecule has 1 aliphatic rings. The Bertz CT molecular complexity index is 461. The first-order valence-electron chi connectivity index (χ1n) is 6.83. The minimum atomic E-state index is -0.189. The van der Waals surface area contributed by atoms with Crippen LogP contribution in [-0.2, 0) is 11.2 Å². The van der Waals surface area contributed by atoms with Gasteiger partial charge in [-0.1, -0.05) is 12.1 Å². The molecule has 1 amide bonds. The van der Waals surface area contributed by atoms with Gasteiger partial charge in [0, 0.05) is 32.1 Å². The van der Waals surface area contributed by atoms with Crippen LogP contribution in [0.2, 0.25) is 0 Å². The molecule has 0 bridgehead atoms.